The molecule has 0 radical (unpaired) electrons. The molecule has 15 atom stereocenters. The molecule has 0 aliphatic carbocycles. The van der Waals surface area contributed by atoms with E-state index in [2.05, 4.69) is 0 Å². The number of ether oxygens (including phenoxy) is 5. The monoisotopic (exact) mass is 504 g/mol. The highest BCUT2D eigenvalue weighted by molar-refractivity contribution is 4.92. The molecular formula is C18H32O16. The van der Waals surface area contributed by atoms with Crippen molar-refractivity contribution in [2.45, 2.75) is 92.1 Å². The van der Waals surface area contributed by atoms with Gasteiger partial charge in [0.05, 0.1) is 19.8 Å². The molecular weight excluding hydrogens is 472 g/mol. The van der Waals surface area contributed by atoms with Crippen LogP contribution >= 0.6 is 0 Å². The fraction of sp³-hybridized carbons (Fsp3) is 1.00. The molecule has 0 aromatic heterocycles. The van der Waals surface area contributed by atoms with Crippen LogP contribution in [0, 0.1) is 0 Å². The van der Waals surface area contributed by atoms with Crippen LogP contribution in [0.5, 0.6) is 0 Å². The first kappa shape index (κ1) is 27.9. The van der Waals surface area contributed by atoms with E-state index in [1.807, 2.05) is 0 Å². The zero-order chi connectivity index (χ0) is 25.3. The zero-order valence-electron chi connectivity index (χ0n) is 17.7. The highest BCUT2D eigenvalue weighted by Crippen LogP contribution is 2.27. The number of aliphatic hydroxyl groups excluding tert-OH is 11. The van der Waals surface area contributed by atoms with E-state index in [0.29, 0.717) is 0 Å². The second kappa shape index (κ2) is 11.6. The van der Waals surface area contributed by atoms with E-state index in [0.717, 1.165) is 0 Å². The summed E-state index contributed by atoms with van der Waals surface area (Å²) in [5.41, 5.74) is 0. The average Bonchev–Trinajstić information content (AvgIpc) is 2.82. The van der Waals surface area contributed by atoms with E-state index in [9.17, 15) is 56.2 Å². The Morgan fingerprint density at radius 3 is 1.29 bits per heavy atom. The minimum Gasteiger partial charge on any atom is -0.394 e. The summed E-state index contributed by atoms with van der Waals surface area (Å²) >= 11 is 0. The topological polar surface area (TPSA) is 269 Å². The van der Waals surface area contributed by atoms with Gasteiger partial charge in [0.1, 0.15) is 73.2 Å². The lowest BCUT2D eigenvalue weighted by atomic mass is 9.98. The third-order valence-corrected chi connectivity index (χ3v) is 6.05. The standard InChI is InChI=1S/C18H32O16/c19-1-4-7(20)11(24)14(27)17(33-4)31-3-6-9(22)12(25)15(28)18(34-6)30-2-5-8(21)10(23)13(26)16(29)32-5/h4-29H,1-3H2/t4-,5?,6-,7-,8-,9-,10+,11+,12+,13-,14-,15-,16-,17-,18-/m1/s1. The first-order valence-corrected chi connectivity index (χ1v) is 10.6. The van der Waals surface area contributed by atoms with Gasteiger partial charge in [0.2, 0.25) is 0 Å². The van der Waals surface area contributed by atoms with Gasteiger partial charge in [-0.2, -0.15) is 0 Å². The van der Waals surface area contributed by atoms with Crippen LogP contribution in [0.25, 0.3) is 0 Å². The van der Waals surface area contributed by atoms with E-state index in [1.54, 1.807) is 0 Å². The van der Waals surface area contributed by atoms with Crippen molar-refractivity contribution >= 4 is 0 Å². The second-order valence-electron chi connectivity index (χ2n) is 8.42. The Morgan fingerprint density at radius 1 is 0.441 bits per heavy atom. The Balaban J connectivity index is 1.58. The molecule has 0 aromatic carbocycles. The van der Waals surface area contributed by atoms with Crippen molar-refractivity contribution in [3.05, 3.63) is 0 Å². The van der Waals surface area contributed by atoms with Crippen molar-refractivity contribution in [2.24, 2.45) is 0 Å². The maximum Gasteiger partial charge on any atom is 0.186 e. The lowest BCUT2D eigenvalue weighted by Gasteiger charge is -2.43. The Bertz CT molecular complexity index is 639. The fourth-order valence-corrected chi connectivity index (χ4v) is 3.84. The molecule has 0 amide bonds. The predicted molar refractivity (Wildman–Crippen MR) is 101 cm³/mol. The van der Waals surface area contributed by atoms with Crippen molar-refractivity contribution in [2.75, 3.05) is 19.8 Å². The highest BCUT2D eigenvalue weighted by Gasteiger charge is 2.48. The summed E-state index contributed by atoms with van der Waals surface area (Å²) in [7, 11) is 0. The summed E-state index contributed by atoms with van der Waals surface area (Å²) in [5, 5.41) is 108. The number of rotatable bonds is 7. The molecule has 200 valence electrons. The largest absolute Gasteiger partial charge is 0.394 e. The van der Waals surface area contributed by atoms with E-state index in [1.165, 1.54) is 0 Å². The minimum absolute atomic E-state index is 0.570. The van der Waals surface area contributed by atoms with Gasteiger partial charge >= 0.3 is 0 Å². The molecule has 3 saturated heterocycles. The van der Waals surface area contributed by atoms with Crippen LogP contribution < -0.4 is 0 Å². The third-order valence-electron chi connectivity index (χ3n) is 6.05. The SMILES string of the molecule is OC[C@H]1O[C@@H](OC[C@H]2O[C@@H](OCC3O[C@@H](O)[C@H](O)[C@@H](O)[C@@H]3O)[C@H](O)[C@@H](O)[C@@H]2O)[C@H](O)[C@@H](O)[C@@H]1O. The maximum atomic E-state index is 10.2. The van der Waals surface area contributed by atoms with Crippen LogP contribution in [0.2, 0.25) is 0 Å². The second-order valence-corrected chi connectivity index (χ2v) is 8.42. The van der Waals surface area contributed by atoms with Crippen LogP contribution in [-0.4, -0.2) is 168 Å². The van der Waals surface area contributed by atoms with E-state index < -0.39 is 112 Å². The summed E-state index contributed by atoms with van der Waals surface area (Å²) in [6.45, 7) is -1.84. The van der Waals surface area contributed by atoms with Gasteiger partial charge in [0.25, 0.3) is 0 Å². The van der Waals surface area contributed by atoms with Crippen molar-refractivity contribution < 1.29 is 79.9 Å². The van der Waals surface area contributed by atoms with Crippen LogP contribution in [-0.2, 0) is 23.7 Å². The molecule has 1 unspecified atom stereocenters. The molecule has 3 aliphatic heterocycles. The quantitative estimate of drug-likeness (QED) is 0.154. The molecule has 34 heavy (non-hydrogen) atoms. The zero-order valence-corrected chi connectivity index (χ0v) is 17.7. The molecule has 0 bridgehead atoms. The molecule has 11 N–H and O–H groups in total. The molecule has 3 fully saturated rings. The Hall–Kier alpha value is -0.640. The number of aliphatic hydroxyl groups is 11. The van der Waals surface area contributed by atoms with Gasteiger partial charge in [0, 0.05) is 0 Å². The molecule has 0 saturated carbocycles. The number of hydrogen-bond donors (Lipinski definition) is 11. The lowest BCUT2D eigenvalue weighted by Crippen LogP contribution is -2.62. The summed E-state index contributed by atoms with van der Waals surface area (Å²) < 4.78 is 26.1. The van der Waals surface area contributed by atoms with E-state index in [4.69, 9.17) is 23.7 Å². The van der Waals surface area contributed by atoms with Gasteiger partial charge in [-0.15, -0.1) is 0 Å². The van der Waals surface area contributed by atoms with Gasteiger partial charge in [-0.3, -0.25) is 0 Å². The van der Waals surface area contributed by atoms with E-state index >= 15 is 0 Å². The van der Waals surface area contributed by atoms with Gasteiger partial charge in [0.15, 0.2) is 18.9 Å². The van der Waals surface area contributed by atoms with Gasteiger partial charge in [-0.05, 0) is 0 Å². The first-order chi connectivity index (χ1) is 16.0. The van der Waals surface area contributed by atoms with Gasteiger partial charge < -0.3 is 79.9 Å². The van der Waals surface area contributed by atoms with Crippen molar-refractivity contribution in [3.8, 4) is 0 Å². The molecule has 3 heterocycles. The molecule has 3 rings (SSSR count). The molecule has 16 heteroatoms. The molecule has 3 aliphatic rings. The van der Waals surface area contributed by atoms with Crippen molar-refractivity contribution in [3.63, 3.8) is 0 Å². The fourth-order valence-electron chi connectivity index (χ4n) is 3.84. The van der Waals surface area contributed by atoms with Crippen molar-refractivity contribution in [1.82, 2.24) is 0 Å². The van der Waals surface area contributed by atoms with E-state index in [-0.39, 0.29) is 0 Å². The Labute approximate surface area is 192 Å². The molecule has 0 spiro atoms. The van der Waals surface area contributed by atoms with Gasteiger partial charge in [-0.1, -0.05) is 0 Å². The normalized spacial score (nSPS) is 52.5. The number of hydrogen-bond acceptors (Lipinski definition) is 16. The van der Waals surface area contributed by atoms with Crippen LogP contribution in [0.4, 0.5) is 0 Å². The smallest absolute Gasteiger partial charge is 0.186 e. The summed E-state index contributed by atoms with van der Waals surface area (Å²) in [4.78, 5) is 0. The minimum atomic E-state index is -1.82. The Kier molecular flexibility index (Phi) is 9.54. The maximum absolute atomic E-state index is 10.2. The van der Waals surface area contributed by atoms with Crippen LogP contribution in [0.1, 0.15) is 0 Å². The Morgan fingerprint density at radius 2 is 0.824 bits per heavy atom. The molecule has 0 aromatic rings. The summed E-state index contributed by atoms with van der Waals surface area (Å²) in [6.07, 6.45) is -24.4. The molecule has 16 nitrogen and oxygen atoms in total. The van der Waals surface area contributed by atoms with Crippen LogP contribution in [0.3, 0.4) is 0 Å². The van der Waals surface area contributed by atoms with Gasteiger partial charge in [-0.25, -0.2) is 0 Å². The predicted octanol–water partition coefficient (Wildman–Crippen LogP) is -7.57. The highest BCUT2D eigenvalue weighted by atomic mass is 16.7. The van der Waals surface area contributed by atoms with Crippen molar-refractivity contribution in [1.29, 1.82) is 0 Å². The lowest BCUT2D eigenvalue weighted by molar-refractivity contribution is -0.340. The third kappa shape index (κ3) is 5.68. The van der Waals surface area contributed by atoms with Crippen LogP contribution in [0.15, 0.2) is 0 Å². The summed E-state index contributed by atoms with van der Waals surface area (Å²) in [6, 6.07) is 0. The first-order valence-electron chi connectivity index (χ1n) is 10.6. The summed E-state index contributed by atoms with van der Waals surface area (Å²) in [5.74, 6) is 0. The average molecular weight is 504 g/mol.